The first-order valence-corrected chi connectivity index (χ1v) is 7.95. The van der Waals surface area contributed by atoms with Crippen molar-refractivity contribution < 1.29 is 9.53 Å². The Balaban J connectivity index is 1.55. The molecule has 0 fully saturated rings. The third kappa shape index (κ3) is 4.34. The van der Waals surface area contributed by atoms with Crippen molar-refractivity contribution in [3.8, 4) is 10.7 Å². The lowest BCUT2D eigenvalue weighted by molar-refractivity contribution is -0.139. The molecule has 4 nitrogen and oxygen atoms in total. The number of hydrogen-bond acceptors (Lipinski definition) is 5. The lowest BCUT2D eigenvalue weighted by Gasteiger charge is -1.98. The number of ether oxygens (including phenoxy) is 1. The van der Waals surface area contributed by atoms with E-state index in [1.165, 1.54) is 17.4 Å². The van der Waals surface area contributed by atoms with Gasteiger partial charge in [-0.2, -0.15) is 0 Å². The number of thiazole rings is 1. The van der Waals surface area contributed by atoms with Gasteiger partial charge in [-0.15, -0.1) is 11.3 Å². The molecule has 114 valence electrons. The van der Waals surface area contributed by atoms with Gasteiger partial charge in [0.25, 0.3) is 0 Å². The predicted octanol–water partition coefficient (Wildman–Crippen LogP) is 3.96. The van der Waals surface area contributed by atoms with Gasteiger partial charge in [0.2, 0.25) is 0 Å². The van der Waals surface area contributed by atoms with Gasteiger partial charge < -0.3 is 4.74 Å². The van der Waals surface area contributed by atoms with Crippen LogP contribution in [0.5, 0.6) is 0 Å². The van der Waals surface area contributed by atoms with Crippen molar-refractivity contribution in [2.24, 2.45) is 0 Å². The van der Waals surface area contributed by atoms with Crippen LogP contribution in [0.25, 0.3) is 16.8 Å². The molecule has 0 atom stereocenters. The summed E-state index contributed by atoms with van der Waals surface area (Å²) in [5.41, 5.74) is 2.49. The van der Waals surface area contributed by atoms with Crippen LogP contribution in [-0.2, 0) is 16.1 Å². The van der Waals surface area contributed by atoms with Gasteiger partial charge in [0.05, 0.1) is 11.4 Å². The van der Waals surface area contributed by atoms with E-state index in [4.69, 9.17) is 4.74 Å². The zero-order chi connectivity index (χ0) is 15.9. The van der Waals surface area contributed by atoms with E-state index < -0.39 is 0 Å². The molecule has 0 aliphatic rings. The number of esters is 1. The van der Waals surface area contributed by atoms with Gasteiger partial charge >= 0.3 is 5.97 Å². The Bertz CT molecular complexity index is 798. The highest BCUT2D eigenvalue weighted by molar-refractivity contribution is 7.13. The maximum Gasteiger partial charge on any atom is 0.331 e. The number of hydrogen-bond donors (Lipinski definition) is 0. The van der Waals surface area contributed by atoms with Crippen molar-refractivity contribution in [2.75, 3.05) is 0 Å². The quantitative estimate of drug-likeness (QED) is 0.527. The van der Waals surface area contributed by atoms with E-state index in [1.54, 1.807) is 12.3 Å². The Labute approximate surface area is 138 Å². The first kappa shape index (κ1) is 15.1. The number of carbonyl (C=O) groups is 1. The molecule has 0 aliphatic carbocycles. The maximum absolute atomic E-state index is 11.7. The minimum absolute atomic E-state index is 0.154. The molecule has 3 aromatic rings. The lowest BCUT2D eigenvalue weighted by Crippen LogP contribution is -2.01. The van der Waals surface area contributed by atoms with Crippen molar-refractivity contribution in [1.82, 2.24) is 9.97 Å². The van der Waals surface area contributed by atoms with E-state index >= 15 is 0 Å². The Morgan fingerprint density at radius 2 is 1.96 bits per heavy atom. The van der Waals surface area contributed by atoms with E-state index in [9.17, 15) is 4.79 Å². The Morgan fingerprint density at radius 3 is 2.74 bits per heavy atom. The van der Waals surface area contributed by atoms with Crippen molar-refractivity contribution >= 4 is 23.4 Å². The highest BCUT2D eigenvalue weighted by atomic mass is 32.1. The van der Waals surface area contributed by atoms with Crippen LogP contribution in [0.4, 0.5) is 0 Å². The molecule has 1 aromatic carbocycles. The van der Waals surface area contributed by atoms with Gasteiger partial charge in [-0.05, 0) is 23.8 Å². The molecule has 0 radical (unpaired) electrons. The predicted molar refractivity (Wildman–Crippen MR) is 90.6 cm³/mol. The minimum Gasteiger partial charge on any atom is -0.456 e. The van der Waals surface area contributed by atoms with E-state index in [2.05, 4.69) is 9.97 Å². The molecule has 5 heteroatoms. The molecule has 0 amide bonds. The van der Waals surface area contributed by atoms with Gasteiger partial charge in [0.1, 0.15) is 11.6 Å². The first-order chi connectivity index (χ1) is 11.3. The van der Waals surface area contributed by atoms with E-state index in [0.29, 0.717) is 0 Å². The molecule has 23 heavy (non-hydrogen) atoms. The molecule has 2 aromatic heterocycles. The van der Waals surface area contributed by atoms with Crippen molar-refractivity contribution in [3.05, 3.63) is 77.4 Å². The van der Waals surface area contributed by atoms with Crippen LogP contribution < -0.4 is 0 Å². The van der Waals surface area contributed by atoms with Crippen LogP contribution >= 0.6 is 11.3 Å². The fourth-order valence-electron chi connectivity index (χ4n) is 1.90. The smallest absolute Gasteiger partial charge is 0.331 e. The summed E-state index contributed by atoms with van der Waals surface area (Å²) < 4.78 is 5.20. The third-order valence-electron chi connectivity index (χ3n) is 3.01. The van der Waals surface area contributed by atoms with Crippen LogP contribution in [0, 0.1) is 0 Å². The largest absolute Gasteiger partial charge is 0.456 e. The molecule has 0 spiro atoms. The Kier molecular flexibility index (Phi) is 4.91. The average molecular weight is 322 g/mol. The number of benzene rings is 1. The molecule has 0 saturated carbocycles. The Hall–Kier alpha value is -2.79. The Morgan fingerprint density at radius 1 is 1.13 bits per heavy atom. The normalized spacial score (nSPS) is 10.8. The van der Waals surface area contributed by atoms with Crippen LogP contribution in [0.1, 0.15) is 11.3 Å². The van der Waals surface area contributed by atoms with Crippen molar-refractivity contribution in [1.29, 1.82) is 0 Å². The van der Waals surface area contributed by atoms with E-state index in [-0.39, 0.29) is 12.6 Å². The molecule has 0 bridgehead atoms. The number of aromatic nitrogens is 2. The maximum atomic E-state index is 11.7. The van der Waals surface area contributed by atoms with Gasteiger partial charge in [0.15, 0.2) is 0 Å². The molecule has 0 aliphatic heterocycles. The van der Waals surface area contributed by atoms with Gasteiger partial charge in [-0.25, -0.2) is 9.78 Å². The topological polar surface area (TPSA) is 52.1 Å². The molecular formula is C18H14N2O2S. The van der Waals surface area contributed by atoms with Gasteiger partial charge in [0, 0.05) is 17.7 Å². The molecular weight excluding hydrogens is 308 g/mol. The lowest BCUT2D eigenvalue weighted by atomic mass is 10.2. The molecule has 3 rings (SSSR count). The van der Waals surface area contributed by atoms with Gasteiger partial charge in [-0.1, -0.05) is 36.4 Å². The second-order valence-corrected chi connectivity index (χ2v) is 5.57. The third-order valence-corrected chi connectivity index (χ3v) is 3.92. The molecule has 0 saturated heterocycles. The highest BCUT2D eigenvalue weighted by Crippen LogP contribution is 2.21. The fraction of sp³-hybridized carbons (Fsp3) is 0.0556. The summed E-state index contributed by atoms with van der Waals surface area (Å²) in [6.45, 7) is 0.154. The average Bonchev–Trinajstić information content (AvgIpc) is 3.09. The SMILES string of the molecule is O=C(/C=C/c1ccccc1)OCc1csc(-c2ccccn2)n1. The summed E-state index contributed by atoms with van der Waals surface area (Å²) in [5.74, 6) is -0.388. The molecule has 0 unspecified atom stereocenters. The van der Waals surface area contributed by atoms with E-state index in [1.807, 2.05) is 53.9 Å². The zero-order valence-corrected chi connectivity index (χ0v) is 13.1. The summed E-state index contributed by atoms with van der Waals surface area (Å²) in [6, 6.07) is 15.3. The monoisotopic (exact) mass is 322 g/mol. The first-order valence-electron chi connectivity index (χ1n) is 7.07. The summed E-state index contributed by atoms with van der Waals surface area (Å²) in [5, 5.41) is 2.69. The number of nitrogens with zero attached hydrogens (tertiary/aromatic N) is 2. The second-order valence-electron chi connectivity index (χ2n) is 4.71. The summed E-state index contributed by atoms with van der Waals surface area (Å²) in [4.78, 5) is 20.4. The number of rotatable bonds is 5. The number of carbonyl (C=O) groups excluding carboxylic acids is 1. The van der Waals surface area contributed by atoms with Crippen LogP contribution in [0.2, 0.25) is 0 Å². The zero-order valence-electron chi connectivity index (χ0n) is 12.3. The fourth-order valence-corrected chi connectivity index (χ4v) is 2.68. The summed E-state index contributed by atoms with van der Waals surface area (Å²) in [6.07, 6.45) is 4.87. The van der Waals surface area contributed by atoms with E-state index in [0.717, 1.165) is 22.0 Å². The van der Waals surface area contributed by atoms with Gasteiger partial charge in [-0.3, -0.25) is 4.98 Å². The van der Waals surface area contributed by atoms with Crippen molar-refractivity contribution in [3.63, 3.8) is 0 Å². The van der Waals surface area contributed by atoms with Crippen LogP contribution in [-0.4, -0.2) is 15.9 Å². The molecule has 2 heterocycles. The van der Waals surface area contributed by atoms with Crippen LogP contribution in [0.15, 0.2) is 66.2 Å². The van der Waals surface area contributed by atoms with Crippen LogP contribution in [0.3, 0.4) is 0 Å². The summed E-state index contributed by atoms with van der Waals surface area (Å²) >= 11 is 1.48. The molecule has 0 N–H and O–H groups in total. The number of pyridine rings is 1. The minimum atomic E-state index is -0.388. The van der Waals surface area contributed by atoms with Crippen molar-refractivity contribution in [2.45, 2.75) is 6.61 Å². The standard InChI is InChI=1S/C18H14N2O2S/c21-17(10-9-14-6-2-1-3-7-14)22-12-15-13-23-18(20-15)16-8-4-5-11-19-16/h1-11,13H,12H2/b10-9+. The second kappa shape index (κ2) is 7.47. The highest BCUT2D eigenvalue weighted by Gasteiger charge is 2.07. The summed E-state index contributed by atoms with van der Waals surface area (Å²) in [7, 11) is 0.